The number of anilines is 1. The van der Waals surface area contributed by atoms with Crippen LogP contribution in [0.5, 0.6) is 0 Å². The van der Waals surface area contributed by atoms with E-state index in [2.05, 4.69) is 33.8 Å². The third-order valence-electron chi connectivity index (χ3n) is 10.0. The molecule has 2 aliphatic rings. The van der Waals surface area contributed by atoms with Crippen molar-refractivity contribution in [2.45, 2.75) is 64.3 Å². The molecule has 4 amide bonds. The lowest BCUT2D eigenvalue weighted by Crippen LogP contribution is -2.49. The van der Waals surface area contributed by atoms with Gasteiger partial charge in [0.2, 0.25) is 5.89 Å². The van der Waals surface area contributed by atoms with E-state index in [4.69, 9.17) is 18.9 Å². The van der Waals surface area contributed by atoms with Gasteiger partial charge in [-0.15, -0.1) is 0 Å². The summed E-state index contributed by atoms with van der Waals surface area (Å²) in [6, 6.07) is 17.5. The molecule has 4 heterocycles. The summed E-state index contributed by atoms with van der Waals surface area (Å²) in [4.78, 5) is 68.9. The van der Waals surface area contributed by atoms with Crippen LogP contribution in [0.3, 0.4) is 0 Å². The number of carbonyl (C=O) groups is 4. The number of amides is 4. The number of carbonyl (C=O) groups excluding carboxylic acids is 4. The Bertz CT molecular complexity index is 2390. The van der Waals surface area contributed by atoms with E-state index >= 15 is 0 Å². The van der Waals surface area contributed by atoms with Crippen LogP contribution in [-0.2, 0) is 19.1 Å². The number of likely N-dealkylation sites (tertiary alicyclic amines) is 2. The molecule has 3 unspecified atom stereocenters. The SMILES string of the molecule is C=C1CCN(C(=O)C(NC(=O)OC)c2ccccc2)C1C(=O)Nc1cc(-c2cnc(-c3ccc4nc(C5C(=C)CCN5C(=O)OC(C)(C)C)[nH]c4c3)o2)ccc1C. The summed E-state index contributed by atoms with van der Waals surface area (Å²) in [5.41, 5.74) is 5.51. The highest BCUT2D eigenvalue weighted by Gasteiger charge is 2.41. The second-order valence-electron chi connectivity index (χ2n) is 15.2. The first-order valence-corrected chi connectivity index (χ1v) is 18.6. The van der Waals surface area contributed by atoms with E-state index < -0.39 is 47.7 Å². The van der Waals surface area contributed by atoms with Gasteiger partial charge in [-0.05, 0) is 87.1 Å². The number of alkyl carbamates (subject to hydrolysis) is 1. The van der Waals surface area contributed by atoms with Crippen LogP contribution in [0.2, 0.25) is 0 Å². The number of ether oxygens (including phenoxy) is 2. The van der Waals surface area contributed by atoms with Crippen LogP contribution in [0.25, 0.3) is 33.8 Å². The van der Waals surface area contributed by atoms with E-state index in [1.165, 1.54) is 12.0 Å². The number of aromatic nitrogens is 3. The average molecular weight is 772 g/mol. The largest absolute Gasteiger partial charge is 0.453 e. The number of oxazole rings is 1. The minimum absolute atomic E-state index is 0.258. The summed E-state index contributed by atoms with van der Waals surface area (Å²) in [6.45, 7) is 16.4. The summed E-state index contributed by atoms with van der Waals surface area (Å²) in [7, 11) is 1.22. The molecule has 2 aliphatic heterocycles. The normalized spacial score (nSPS) is 17.5. The van der Waals surface area contributed by atoms with Crippen LogP contribution in [0.15, 0.2) is 102 Å². The topological polar surface area (TPSA) is 172 Å². The maximum atomic E-state index is 13.9. The Labute approximate surface area is 329 Å². The molecule has 0 aliphatic carbocycles. The molecule has 0 saturated carbocycles. The summed E-state index contributed by atoms with van der Waals surface area (Å²) in [6.07, 6.45) is 1.51. The molecular weight excluding hydrogens is 727 g/mol. The van der Waals surface area contributed by atoms with Crippen molar-refractivity contribution >= 4 is 40.7 Å². The zero-order valence-electron chi connectivity index (χ0n) is 32.5. The van der Waals surface area contributed by atoms with E-state index in [0.717, 1.165) is 16.7 Å². The first-order valence-electron chi connectivity index (χ1n) is 18.6. The number of H-pyrrole nitrogens is 1. The molecule has 14 nitrogen and oxygen atoms in total. The minimum atomic E-state index is -1.07. The van der Waals surface area contributed by atoms with Crippen LogP contribution < -0.4 is 10.6 Å². The summed E-state index contributed by atoms with van der Waals surface area (Å²) in [5, 5.41) is 5.61. The van der Waals surface area contributed by atoms with E-state index in [-0.39, 0.29) is 6.54 Å². The molecule has 7 rings (SSSR count). The van der Waals surface area contributed by atoms with Crippen LogP contribution >= 0.6 is 0 Å². The first kappa shape index (κ1) is 38.6. The Balaban J connectivity index is 1.09. The Kier molecular flexibility index (Phi) is 10.4. The van der Waals surface area contributed by atoms with Gasteiger partial charge in [0, 0.05) is 29.9 Å². The number of aromatic amines is 1. The smallest absolute Gasteiger partial charge is 0.411 e. The number of rotatable bonds is 8. The van der Waals surface area contributed by atoms with Gasteiger partial charge in [0.05, 0.1) is 24.3 Å². The molecule has 0 spiro atoms. The Morgan fingerprint density at radius 1 is 0.947 bits per heavy atom. The molecular formula is C43H45N7O7. The highest BCUT2D eigenvalue weighted by atomic mass is 16.6. The fraction of sp³-hybridized carbons (Fsp3) is 0.302. The van der Waals surface area contributed by atoms with Gasteiger partial charge >= 0.3 is 12.2 Å². The molecule has 14 heteroatoms. The van der Waals surface area contributed by atoms with Gasteiger partial charge in [-0.25, -0.2) is 19.6 Å². The molecule has 2 fully saturated rings. The summed E-state index contributed by atoms with van der Waals surface area (Å²) >= 11 is 0. The molecule has 2 saturated heterocycles. The molecule has 0 radical (unpaired) electrons. The third-order valence-corrected chi connectivity index (χ3v) is 10.0. The molecule has 0 bridgehead atoms. The molecule has 3 atom stereocenters. The zero-order valence-corrected chi connectivity index (χ0v) is 32.5. The third kappa shape index (κ3) is 8.02. The number of hydrogen-bond acceptors (Lipinski definition) is 9. The number of fused-ring (bicyclic) bond motifs is 1. The fourth-order valence-corrected chi connectivity index (χ4v) is 7.14. The quantitative estimate of drug-likeness (QED) is 0.134. The van der Waals surface area contributed by atoms with Crippen LogP contribution in [0.1, 0.15) is 62.6 Å². The maximum absolute atomic E-state index is 13.9. The lowest BCUT2D eigenvalue weighted by molar-refractivity contribution is -0.137. The van der Waals surface area contributed by atoms with Gasteiger partial charge in [-0.3, -0.25) is 14.5 Å². The second kappa shape index (κ2) is 15.4. The average Bonchev–Trinajstić information content (AvgIpc) is 3.99. The van der Waals surface area contributed by atoms with E-state index in [0.29, 0.717) is 70.3 Å². The van der Waals surface area contributed by atoms with E-state index in [1.807, 2.05) is 58.0 Å². The van der Waals surface area contributed by atoms with Crippen molar-refractivity contribution in [2.24, 2.45) is 0 Å². The minimum Gasteiger partial charge on any atom is -0.453 e. The summed E-state index contributed by atoms with van der Waals surface area (Å²) in [5.74, 6) is 0.557. The number of hydrogen-bond donors (Lipinski definition) is 3. The number of aryl methyl sites for hydroxylation is 1. The number of nitrogens with one attached hydrogen (secondary N) is 3. The number of benzene rings is 3. The van der Waals surface area contributed by atoms with Gasteiger partial charge in [-0.1, -0.05) is 55.6 Å². The number of methoxy groups -OCH3 is 1. The molecule has 3 aromatic carbocycles. The Morgan fingerprint density at radius 3 is 2.40 bits per heavy atom. The van der Waals surface area contributed by atoms with E-state index in [1.54, 1.807) is 47.5 Å². The molecule has 3 N–H and O–H groups in total. The molecule has 5 aromatic rings. The lowest BCUT2D eigenvalue weighted by Gasteiger charge is -2.29. The van der Waals surface area contributed by atoms with Crippen molar-refractivity contribution in [1.29, 1.82) is 0 Å². The number of nitrogens with zero attached hydrogens (tertiary/aromatic N) is 4. The molecule has 294 valence electrons. The maximum Gasteiger partial charge on any atom is 0.411 e. The van der Waals surface area contributed by atoms with Crippen LogP contribution in [0.4, 0.5) is 15.3 Å². The van der Waals surface area contributed by atoms with Crippen molar-refractivity contribution in [3.05, 3.63) is 114 Å². The van der Waals surface area contributed by atoms with Crippen molar-refractivity contribution in [1.82, 2.24) is 30.1 Å². The molecule has 2 aromatic heterocycles. The van der Waals surface area contributed by atoms with Crippen molar-refractivity contribution in [2.75, 3.05) is 25.5 Å². The monoisotopic (exact) mass is 771 g/mol. The van der Waals surface area contributed by atoms with Gasteiger partial charge in [0.25, 0.3) is 11.8 Å². The van der Waals surface area contributed by atoms with Crippen LogP contribution in [-0.4, -0.2) is 80.6 Å². The van der Waals surface area contributed by atoms with Crippen molar-refractivity contribution < 1.29 is 33.1 Å². The highest BCUT2D eigenvalue weighted by Crippen LogP contribution is 2.37. The Morgan fingerprint density at radius 2 is 1.67 bits per heavy atom. The number of imidazole rings is 1. The fourth-order valence-electron chi connectivity index (χ4n) is 7.14. The zero-order chi connectivity index (χ0) is 40.6. The molecule has 57 heavy (non-hydrogen) atoms. The predicted octanol–water partition coefficient (Wildman–Crippen LogP) is 7.62. The predicted molar refractivity (Wildman–Crippen MR) is 214 cm³/mol. The lowest BCUT2D eigenvalue weighted by atomic mass is 10.0. The van der Waals surface area contributed by atoms with Gasteiger partial charge < -0.3 is 34.4 Å². The van der Waals surface area contributed by atoms with Crippen molar-refractivity contribution in [3.8, 4) is 22.8 Å². The highest BCUT2D eigenvalue weighted by molar-refractivity contribution is 6.01. The standard InChI is InChI=1S/C43H45N7O7/c1-24-13-14-28(21-31(24)47-38(51)36-26(3)17-19-49(36)40(52)34(48-41(53)55-7)27-11-9-8-10-12-27)33-23-44-39(56-33)29-15-16-30-32(22-29)46-37(45-30)35-25(2)18-20-50(35)42(54)57-43(4,5)6/h8-16,21-23,34-36H,2-3,17-20H2,1,4-7H3,(H,45,46)(H,47,51)(H,48,53). The van der Waals surface area contributed by atoms with Crippen LogP contribution in [0, 0.1) is 6.92 Å². The van der Waals surface area contributed by atoms with Gasteiger partial charge in [0.15, 0.2) is 5.76 Å². The summed E-state index contributed by atoms with van der Waals surface area (Å²) < 4.78 is 16.7. The first-order chi connectivity index (χ1) is 27.2. The van der Waals surface area contributed by atoms with Gasteiger partial charge in [-0.2, -0.15) is 0 Å². The second-order valence-corrected chi connectivity index (χ2v) is 15.2. The Hall–Kier alpha value is -6.70. The van der Waals surface area contributed by atoms with Crippen molar-refractivity contribution in [3.63, 3.8) is 0 Å². The van der Waals surface area contributed by atoms with E-state index in [9.17, 15) is 19.2 Å². The van der Waals surface area contributed by atoms with Gasteiger partial charge in [0.1, 0.15) is 29.6 Å².